The Kier molecular flexibility index (Phi) is 8.27. The minimum Gasteiger partial charge on any atom is -0.493 e. The molecule has 0 aliphatic rings. The van der Waals surface area contributed by atoms with Crippen molar-refractivity contribution in [3.8, 4) is 5.75 Å². The zero-order valence-electron chi connectivity index (χ0n) is 19.0. The van der Waals surface area contributed by atoms with E-state index in [1.807, 2.05) is 48.5 Å². The fourth-order valence-corrected chi connectivity index (χ4v) is 3.98. The standard InChI is InChI=1S/C29H33NO/c1-4-20-29(3,21-5-2)23-31-27-18-16-25(17-19-27)28(24-12-8-6-9-13-24)22-30-26-14-10-7-11-15-26/h6-19H,4-5,20-21,23H2,1-3H3. The smallest absolute Gasteiger partial charge is 0.119 e. The molecule has 2 heteroatoms. The molecule has 3 aromatic rings. The Balaban J connectivity index is 1.84. The quantitative estimate of drug-likeness (QED) is 0.309. The second kappa shape index (κ2) is 11.3. The summed E-state index contributed by atoms with van der Waals surface area (Å²) >= 11 is 0. The molecule has 0 aliphatic carbocycles. The van der Waals surface area contributed by atoms with Crippen LogP contribution in [0.25, 0.3) is 5.57 Å². The Morgan fingerprint density at radius 3 is 1.90 bits per heavy atom. The van der Waals surface area contributed by atoms with Crippen LogP contribution >= 0.6 is 0 Å². The summed E-state index contributed by atoms with van der Waals surface area (Å²) in [5.74, 6) is 4.19. The lowest BCUT2D eigenvalue weighted by Crippen LogP contribution is -2.25. The first-order valence-corrected chi connectivity index (χ1v) is 11.3. The summed E-state index contributed by atoms with van der Waals surface area (Å²) in [5.41, 5.74) is 4.26. The molecular formula is C29H33NO. The van der Waals surface area contributed by atoms with E-state index in [4.69, 9.17) is 4.74 Å². The molecule has 0 aliphatic heterocycles. The molecule has 0 fully saturated rings. The van der Waals surface area contributed by atoms with Crippen molar-refractivity contribution in [2.45, 2.75) is 46.5 Å². The molecule has 0 atom stereocenters. The minimum atomic E-state index is 0.236. The van der Waals surface area contributed by atoms with Gasteiger partial charge < -0.3 is 4.74 Å². The summed E-state index contributed by atoms with van der Waals surface area (Å²) < 4.78 is 6.19. The predicted molar refractivity (Wildman–Crippen MR) is 132 cm³/mol. The second-order valence-electron chi connectivity index (χ2n) is 8.42. The molecule has 0 N–H and O–H groups in total. The van der Waals surface area contributed by atoms with E-state index in [1.54, 1.807) is 0 Å². The van der Waals surface area contributed by atoms with Gasteiger partial charge >= 0.3 is 0 Å². The fourth-order valence-electron chi connectivity index (χ4n) is 3.98. The van der Waals surface area contributed by atoms with Crippen LogP contribution in [0.5, 0.6) is 5.75 Å². The van der Waals surface area contributed by atoms with Crippen molar-refractivity contribution in [2.75, 3.05) is 6.61 Å². The van der Waals surface area contributed by atoms with Gasteiger partial charge in [-0.3, -0.25) is 0 Å². The van der Waals surface area contributed by atoms with Crippen LogP contribution in [-0.2, 0) is 0 Å². The van der Waals surface area contributed by atoms with Gasteiger partial charge in [0.25, 0.3) is 0 Å². The number of rotatable bonds is 10. The van der Waals surface area contributed by atoms with Crippen molar-refractivity contribution < 1.29 is 4.74 Å². The number of nitrogens with zero attached hydrogens (tertiary/aromatic N) is 1. The Morgan fingerprint density at radius 2 is 1.32 bits per heavy atom. The molecule has 3 aromatic carbocycles. The van der Waals surface area contributed by atoms with E-state index in [0.717, 1.165) is 34.7 Å². The van der Waals surface area contributed by atoms with Crippen LogP contribution in [-0.4, -0.2) is 12.5 Å². The summed E-state index contributed by atoms with van der Waals surface area (Å²) in [6.07, 6.45) is 4.75. The first-order chi connectivity index (χ1) is 15.1. The first kappa shape index (κ1) is 22.6. The van der Waals surface area contributed by atoms with Gasteiger partial charge in [-0.25, -0.2) is 4.99 Å². The molecule has 31 heavy (non-hydrogen) atoms. The summed E-state index contributed by atoms with van der Waals surface area (Å²) in [5, 5.41) is 0. The summed E-state index contributed by atoms with van der Waals surface area (Å²) in [6.45, 7) is 7.59. The van der Waals surface area contributed by atoms with Crippen molar-refractivity contribution in [1.82, 2.24) is 0 Å². The van der Waals surface area contributed by atoms with Gasteiger partial charge in [0.05, 0.1) is 17.9 Å². The third kappa shape index (κ3) is 6.70. The van der Waals surface area contributed by atoms with Crippen LogP contribution in [0.4, 0.5) is 5.69 Å². The van der Waals surface area contributed by atoms with E-state index in [1.165, 1.54) is 25.7 Å². The summed E-state index contributed by atoms with van der Waals surface area (Å²) in [7, 11) is 0. The molecule has 0 heterocycles. The maximum absolute atomic E-state index is 6.19. The van der Waals surface area contributed by atoms with Crippen molar-refractivity contribution in [1.29, 1.82) is 0 Å². The molecule has 0 spiro atoms. The third-order valence-electron chi connectivity index (χ3n) is 5.55. The molecule has 160 valence electrons. The lowest BCUT2D eigenvalue weighted by atomic mass is 9.82. The zero-order valence-corrected chi connectivity index (χ0v) is 19.0. The minimum absolute atomic E-state index is 0.236. The van der Waals surface area contributed by atoms with Crippen molar-refractivity contribution in [3.05, 3.63) is 96.1 Å². The van der Waals surface area contributed by atoms with E-state index < -0.39 is 0 Å². The van der Waals surface area contributed by atoms with E-state index in [2.05, 4.69) is 68.0 Å². The van der Waals surface area contributed by atoms with Crippen LogP contribution in [0.15, 0.2) is 89.9 Å². The van der Waals surface area contributed by atoms with Crippen molar-refractivity contribution in [2.24, 2.45) is 10.4 Å². The molecule has 0 radical (unpaired) electrons. The number of para-hydroxylation sites is 1. The van der Waals surface area contributed by atoms with Gasteiger partial charge in [0, 0.05) is 5.41 Å². The molecule has 0 saturated carbocycles. The second-order valence-corrected chi connectivity index (χ2v) is 8.42. The van der Waals surface area contributed by atoms with Gasteiger partial charge in [-0.15, -0.1) is 0 Å². The Morgan fingerprint density at radius 1 is 0.774 bits per heavy atom. The number of hydrogen-bond acceptors (Lipinski definition) is 2. The highest BCUT2D eigenvalue weighted by Crippen LogP contribution is 2.31. The molecule has 0 amide bonds. The Bertz CT molecular complexity index is 978. The van der Waals surface area contributed by atoms with E-state index in [9.17, 15) is 0 Å². The average molecular weight is 412 g/mol. The highest BCUT2D eigenvalue weighted by atomic mass is 16.5. The number of aliphatic imine (C=N–C) groups is 1. The molecule has 0 bridgehead atoms. The maximum Gasteiger partial charge on any atom is 0.119 e. The predicted octanol–water partition coefficient (Wildman–Crippen LogP) is 8.11. The van der Waals surface area contributed by atoms with Crippen molar-refractivity contribution in [3.63, 3.8) is 0 Å². The highest BCUT2D eigenvalue weighted by Gasteiger charge is 2.23. The number of hydrogen-bond donors (Lipinski definition) is 0. The topological polar surface area (TPSA) is 21.6 Å². The van der Waals surface area contributed by atoms with Crippen LogP contribution < -0.4 is 4.74 Å². The van der Waals surface area contributed by atoms with E-state index in [0.29, 0.717) is 0 Å². The number of benzene rings is 3. The summed E-state index contributed by atoms with van der Waals surface area (Å²) in [4.78, 5) is 4.57. The first-order valence-electron chi connectivity index (χ1n) is 11.3. The largest absolute Gasteiger partial charge is 0.493 e. The lowest BCUT2D eigenvalue weighted by molar-refractivity contribution is 0.138. The van der Waals surface area contributed by atoms with Crippen LogP contribution in [0, 0.1) is 5.41 Å². The average Bonchev–Trinajstić information content (AvgIpc) is 2.80. The molecule has 2 nitrogen and oxygen atoms in total. The van der Waals surface area contributed by atoms with Crippen molar-refractivity contribution >= 4 is 17.1 Å². The molecule has 0 saturated heterocycles. The highest BCUT2D eigenvalue weighted by molar-refractivity contribution is 5.99. The third-order valence-corrected chi connectivity index (χ3v) is 5.55. The fraction of sp³-hybridized carbons (Fsp3) is 0.310. The normalized spacial score (nSPS) is 10.9. The molecule has 3 rings (SSSR count). The maximum atomic E-state index is 6.19. The molecule has 0 aromatic heterocycles. The van der Waals surface area contributed by atoms with Gasteiger partial charge in [0.1, 0.15) is 5.75 Å². The van der Waals surface area contributed by atoms with Gasteiger partial charge in [0.15, 0.2) is 0 Å². The van der Waals surface area contributed by atoms with Crippen LogP contribution in [0.1, 0.15) is 57.6 Å². The lowest BCUT2D eigenvalue weighted by Gasteiger charge is -2.29. The van der Waals surface area contributed by atoms with Gasteiger partial charge in [0.2, 0.25) is 0 Å². The van der Waals surface area contributed by atoms with E-state index >= 15 is 0 Å². The number of ether oxygens (including phenoxy) is 1. The van der Waals surface area contributed by atoms with Crippen LogP contribution in [0.2, 0.25) is 0 Å². The van der Waals surface area contributed by atoms with Gasteiger partial charge in [-0.2, -0.15) is 0 Å². The molecular weight excluding hydrogens is 378 g/mol. The monoisotopic (exact) mass is 411 g/mol. The Labute approximate surface area is 187 Å². The Hall–Kier alpha value is -3.09. The zero-order chi connectivity index (χ0) is 21.9. The van der Waals surface area contributed by atoms with Gasteiger partial charge in [-0.1, -0.05) is 82.1 Å². The molecule has 0 unspecified atom stereocenters. The van der Waals surface area contributed by atoms with E-state index in [-0.39, 0.29) is 5.41 Å². The summed E-state index contributed by atoms with van der Waals surface area (Å²) in [6, 6.07) is 28.5. The van der Waals surface area contributed by atoms with Gasteiger partial charge in [-0.05, 0) is 66.2 Å². The van der Waals surface area contributed by atoms with Crippen LogP contribution in [0.3, 0.4) is 0 Å². The SMILES string of the molecule is CCCC(C)(CCC)COc1ccc(C(=C=Nc2ccccc2)c2ccccc2)cc1.